The standard InChI is InChI=1S/C14H19O3S.2C14H18O3S.C13H16O3S.2C7H10O.C4H9.C2H2O4.Li/c3*1-11-8-9-12(17-2)10-14(11)18(15,16)13-6-4-3-5-7-13;1-10-7-8-11(14)9-13(10)17(15,16)12-5-3-2-4-6-12;2*1-6-2-4-7(8)5-3-6;1-4(2)3;3-1(4)2(5)6;/h3-7,10-12,14H,8-9H2,1-2H3;3-7,10-11,14H,8-9H2,1-2H3;3-7,10-12H,8-9H2,1-2H3;2-6,10,13H,7-9H2,1H3;2*2,4,6H,3,5H2,1H3;1-3H3;(H,3,4)(H,5,6);/q-1;;;;;;-1;;+1/t11-,12?,14?;11-,14?;11-,12-;10-,13?;2*6-;;;/m000011.../s1. The number of aliphatic carboxylic acids is 2. The summed E-state index contributed by atoms with van der Waals surface area (Å²) < 4.78 is 116. The number of hydrogen-bond donors (Lipinski definition) is 2. The van der Waals surface area contributed by atoms with Crippen LogP contribution in [0.3, 0.4) is 0 Å². The SMILES string of the molecule is COC1=CC(S(=O)(=O)c2ccccc2)[C@@H](C)CC1.COC1[CH-]C(S(=O)(=O)c2ccccc2)[C@@H](C)CC1.CO[C@@H]1C=C(S(=O)(=O)c2ccccc2)[C@@H](C)CC1.C[C-](C)C.C[C@@H]1C=CC(=O)CC1.C[C@@H]1C=CC(=O)CC1.C[C@H]1CCC(=O)CC1S(=O)(=O)c1ccccc1.O=C(O)C(=O)O.[Li+]. The normalized spacial score (nSPS) is 24.3. The summed E-state index contributed by atoms with van der Waals surface area (Å²) in [4.78, 5) is 52.6. The molecule has 536 valence electrons. The van der Waals surface area contributed by atoms with E-state index >= 15 is 0 Å². The maximum atomic E-state index is 12.6. The molecule has 0 bridgehead atoms. The predicted octanol–water partition coefficient (Wildman–Crippen LogP) is 11.1. The molecule has 0 heterocycles. The van der Waals surface area contributed by atoms with Gasteiger partial charge >= 0.3 is 30.8 Å². The van der Waals surface area contributed by atoms with Crippen molar-refractivity contribution in [1.82, 2.24) is 0 Å². The Kier molecular flexibility index (Phi) is 39.1. The fourth-order valence-electron chi connectivity index (χ4n) is 11.0. The number of carboxylic acids is 2. The maximum absolute atomic E-state index is 12.6. The number of ether oxygens (including phenoxy) is 3. The molecule has 18 nitrogen and oxygen atoms in total. The van der Waals surface area contributed by atoms with Gasteiger partial charge in [0.15, 0.2) is 41.1 Å². The van der Waals surface area contributed by atoms with Crippen molar-refractivity contribution in [2.75, 3.05) is 21.3 Å². The van der Waals surface area contributed by atoms with Gasteiger partial charge in [0, 0.05) is 46.3 Å². The minimum Gasteiger partial charge on any atom is -0.501 e. The average molecular weight is 1430 g/mol. The number of allylic oxidation sites excluding steroid dienone is 6. The molecule has 0 radical (unpaired) electrons. The fraction of sp³-hybridized carbons (Fsp3) is 0.480. The summed E-state index contributed by atoms with van der Waals surface area (Å²) in [6.45, 7) is 18.4. The van der Waals surface area contributed by atoms with Crippen molar-refractivity contribution < 1.29 is 101 Å². The Morgan fingerprint density at radius 3 is 1.32 bits per heavy atom. The first-order valence-electron chi connectivity index (χ1n) is 32.8. The minimum atomic E-state index is -3.37. The molecule has 0 spiro atoms. The number of methoxy groups -OCH3 is 3. The number of carbonyl (C=O) groups is 5. The Hall–Kier alpha value is -6.09. The minimum absolute atomic E-state index is 0. The molecular weight excluding hydrogens is 1320 g/mol. The third-order valence-corrected chi connectivity index (χ3v) is 25.9. The molecule has 2 N–H and O–H groups in total. The zero-order valence-electron chi connectivity index (χ0n) is 59.2. The van der Waals surface area contributed by atoms with Crippen LogP contribution in [0.5, 0.6) is 0 Å². The molecule has 11 atom stereocenters. The van der Waals surface area contributed by atoms with Gasteiger partial charge in [-0.15, -0.1) is 0 Å². The van der Waals surface area contributed by atoms with Gasteiger partial charge in [0.1, 0.15) is 5.78 Å². The van der Waals surface area contributed by atoms with Crippen molar-refractivity contribution in [2.24, 2.45) is 35.5 Å². The molecule has 98 heavy (non-hydrogen) atoms. The second-order valence-corrected chi connectivity index (χ2v) is 33.9. The molecule has 4 unspecified atom stereocenters. The van der Waals surface area contributed by atoms with Crippen LogP contribution in [0.25, 0.3) is 0 Å². The summed E-state index contributed by atoms with van der Waals surface area (Å²) in [6, 6.07) is 34.3. The van der Waals surface area contributed by atoms with E-state index in [1.54, 1.807) is 149 Å². The molecular formula is C75H102LiO18S4-. The molecule has 0 amide bonds. The fourth-order valence-corrected chi connectivity index (χ4v) is 18.7. The van der Waals surface area contributed by atoms with Crippen LogP contribution in [0.4, 0.5) is 0 Å². The van der Waals surface area contributed by atoms with Crippen LogP contribution >= 0.6 is 0 Å². The number of ketones is 3. The predicted molar refractivity (Wildman–Crippen MR) is 379 cm³/mol. The van der Waals surface area contributed by atoms with E-state index < -0.39 is 67.0 Å². The van der Waals surface area contributed by atoms with Gasteiger partial charge in [-0.3, -0.25) is 20.8 Å². The van der Waals surface area contributed by atoms with Gasteiger partial charge in [-0.1, -0.05) is 157 Å². The third-order valence-electron chi connectivity index (χ3n) is 16.9. The Bertz CT molecular complexity index is 3660. The first-order valence-corrected chi connectivity index (χ1v) is 39.0. The second kappa shape index (κ2) is 43.5. The first kappa shape index (κ1) is 88.0. The Labute approximate surface area is 596 Å². The number of carbonyl (C=O) groups excluding carboxylic acids is 3. The summed E-state index contributed by atoms with van der Waals surface area (Å²) in [6.07, 6.45) is 22.7. The number of benzene rings is 4. The molecule has 4 aromatic carbocycles. The Morgan fingerprint density at radius 1 is 0.490 bits per heavy atom. The van der Waals surface area contributed by atoms with Gasteiger partial charge in [-0.2, -0.15) is 20.8 Å². The summed E-state index contributed by atoms with van der Waals surface area (Å²) in [7, 11) is -8.50. The van der Waals surface area contributed by atoms with Crippen LogP contribution in [-0.2, 0) is 77.5 Å². The van der Waals surface area contributed by atoms with Gasteiger partial charge in [-0.25, -0.2) is 43.3 Å². The molecule has 0 aromatic heterocycles. The Morgan fingerprint density at radius 2 is 0.918 bits per heavy atom. The van der Waals surface area contributed by atoms with Crippen LogP contribution in [0.15, 0.2) is 188 Å². The molecule has 6 aliphatic carbocycles. The number of Topliss-reactive ketones (excluding diaryl/α,β-unsaturated/α-hetero) is 1. The van der Waals surface area contributed by atoms with E-state index in [0.29, 0.717) is 49.2 Å². The molecule has 0 aliphatic heterocycles. The molecule has 2 fully saturated rings. The number of carboxylic acid groups (broad SMARTS) is 2. The first-order chi connectivity index (χ1) is 45.6. The van der Waals surface area contributed by atoms with E-state index in [-0.39, 0.29) is 78.5 Å². The number of hydrogen-bond acceptors (Lipinski definition) is 16. The molecule has 10 rings (SSSR count). The number of rotatable bonds is 11. The van der Waals surface area contributed by atoms with Crippen LogP contribution in [0, 0.1) is 47.8 Å². The largest absolute Gasteiger partial charge is 1.00 e. The van der Waals surface area contributed by atoms with E-state index in [1.807, 2.05) is 64.5 Å². The van der Waals surface area contributed by atoms with E-state index in [0.717, 1.165) is 70.0 Å². The van der Waals surface area contributed by atoms with Crippen LogP contribution in [0.2, 0.25) is 0 Å². The number of sulfone groups is 4. The van der Waals surface area contributed by atoms with Gasteiger partial charge in [-0.05, 0) is 141 Å². The van der Waals surface area contributed by atoms with Crippen molar-refractivity contribution in [3.63, 3.8) is 0 Å². The van der Waals surface area contributed by atoms with Crippen molar-refractivity contribution in [3.8, 4) is 0 Å². The van der Waals surface area contributed by atoms with Crippen molar-refractivity contribution in [1.29, 1.82) is 0 Å². The van der Waals surface area contributed by atoms with Crippen LogP contribution in [0.1, 0.15) is 146 Å². The summed E-state index contributed by atoms with van der Waals surface area (Å²) in [5, 5.41) is 13.3. The molecule has 6 aliphatic rings. The molecule has 4 aromatic rings. The monoisotopic (exact) mass is 1430 g/mol. The van der Waals surface area contributed by atoms with Crippen molar-refractivity contribution >= 4 is 68.6 Å². The molecule has 0 saturated heterocycles. The molecule has 23 heteroatoms. The van der Waals surface area contributed by atoms with Crippen LogP contribution < -0.4 is 18.9 Å². The van der Waals surface area contributed by atoms with Gasteiger partial charge < -0.3 is 30.3 Å². The summed E-state index contributed by atoms with van der Waals surface area (Å²) in [5.41, 5.74) is 0. The van der Waals surface area contributed by atoms with E-state index in [9.17, 15) is 48.1 Å². The smallest absolute Gasteiger partial charge is 0.501 e. The summed E-state index contributed by atoms with van der Waals surface area (Å²) in [5.74, 6) is 0.775. The van der Waals surface area contributed by atoms with E-state index in [4.69, 9.17) is 34.0 Å². The topological polar surface area (TPSA) is 290 Å². The van der Waals surface area contributed by atoms with Crippen molar-refractivity contribution in [3.05, 3.63) is 181 Å². The van der Waals surface area contributed by atoms with Gasteiger partial charge in [0.25, 0.3) is 0 Å². The van der Waals surface area contributed by atoms with Gasteiger partial charge in [0.05, 0.1) is 54.0 Å². The zero-order valence-corrected chi connectivity index (χ0v) is 62.5. The average Bonchev–Trinajstić information content (AvgIpc) is 0.819. The van der Waals surface area contributed by atoms with Crippen LogP contribution in [-0.4, -0.2) is 122 Å². The second-order valence-electron chi connectivity index (χ2n) is 25.6. The molecule has 2 saturated carbocycles. The van der Waals surface area contributed by atoms with Gasteiger partial charge in [0.2, 0.25) is 9.84 Å². The Balaban J connectivity index is 0.000000396. The quantitative estimate of drug-likeness (QED) is 0.0801. The maximum Gasteiger partial charge on any atom is 1.00 e. The third kappa shape index (κ3) is 29.2. The zero-order chi connectivity index (χ0) is 72.7. The summed E-state index contributed by atoms with van der Waals surface area (Å²) >= 11 is 0. The van der Waals surface area contributed by atoms with E-state index in [2.05, 4.69) is 34.6 Å². The van der Waals surface area contributed by atoms with E-state index in [1.165, 1.54) is 5.92 Å². The van der Waals surface area contributed by atoms with Crippen molar-refractivity contribution in [2.45, 2.75) is 193 Å².